The molecule has 2 aromatic rings. The second kappa shape index (κ2) is 9.10. The van der Waals surface area contributed by atoms with Crippen molar-refractivity contribution in [2.24, 2.45) is 5.10 Å². The number of hydrogen-bond acceptors (Lipinski definition) is 4. The topological polar surface area (TPSA) is 87.6 Å². The Balaban J connectivity index is 1.97. The molecule has 0 aliphatic carbocycles. The van der Waals surface area contributed by atoms with E-state index in [1.165, 1.54) is 12.1 Å². The number of sulfonamides is 1. The summed E-state index contributed by atoms with van der Waals surface area (Å²) in [7, 11) is -3.72. The second-order valence-corrected chi connectivity index (χ2v) is 7.11. The zero-order valence-electron chi connectivity index (χ0n) is 14.0. The lowest BCUT2D eigenvalue weighted by molar-refractivity contribution is -0.119. The molecule has 0 aliphatic rings. The van der Waals surface area contributed by atoms with Crippen molar-refractivity contribution in [3.8, 4) is 0 Å². The summed E-state index contributed by atoms with van der Waals surface area (Å²) in [6, 6.07) is 17.4. The maximum atomic E-state index is 12.1. The van der Waals surface area contributed by atoms with Gasteiger partial charge in [-0.05, 0) is 24.1 Å². The minimum Gasteiger partial charge on any atom is -0.272 e. The van der Waals surface area contributed by atoms with Gasteiger partial charge in [-0.15, -0.1) is 0 Å². The van der Waals surface area contributed by atoms with E-state index in [9.17, 15) is 13.2 Å². The molecular formula is C18H21N3O3S. The van der Waals surface area contributed by atoms with Crippen LogP contribution in [-0.2, 0) is 14.8 Å². The Kier molecular flexibility index (Phi) is 6.85. The number of hydrogen-bond donors (Lipinski definition) is 2. The van der Waals surface area contributed by atoms with Crippen molar-refractivity contribution < 1.29 is 13.2 Å². The Morgan fingerprint density at radius 2 is 1.60 bits per heavy atom. The van der Waals surface area contributed by atoms with Gasteiger partial charge in [-0.1, -0.05) is 61.9 Å². The number of carbonyl (C=O) groups excluding carboxylic acids is 1. The quantitative estimate of drug-likeness (QED) is 0.560. The van der Waals surface area contributed by atoms with Gasteiger partial charge >= 0.3 is 0 Å². The van der Waals surface area contributed by atoms with E-state index in [-0.39, 0.29) is 11.4 Å². The highest BCUT2D eigenvalue weighted by Crippen LogP contribution is 2.07. The molecule has 25 heavy (non-hydrogen) atoms. The van der Waals surface area contributed by atoms with Crippen LogP contribution in [-0.4, -0.2) is 26.6 Å². The van der Waals surface area contributed by atoms with Gasteiger partial charge in [0.05, 0.1) is 17.2 Å². The van der Waals surface area contributed by atoms with Crippen LogP contribution in [0.15, 0.2) is 70.7 Å². The Hall–Kier alpha value is -2.51. The van der Waals surface area contributed by atoms with E-state index in [4.69, 9.17) is 0 Å². The Labute approximate surface area is 148 Å². The molecule has 0 saturated carbocycles. The first-order chi connectivity index (χ1) is 12.0. The minimum absolute atomic E-state index is 0.113. The van der Waals surface area contributed by atoms with Crippen molar-refractivity contribution in [1.82, 2.24) is 10.1 Å². The van der Waals surface area contributed by atoms with E-state index < -0.39 is 15.9 Å². The van der Waals surface area contributed by atoms with Gasteiger partial charge in [0.2, 0.25) is 10.0 Å². The van der Waals surface area contributed by atoms with Crippen molar-refractivity contribution in [2.75, 3.05) is 6.54 Å². The first-order valence-corrected chi connectivity index (χ1v) is 9.47. The summed E-state index contributed by atoms with van der Waals surface area (Å²) in [5.41, 5.74) is 4.09. The molecule has 132 valence electrons. The number of hydrazone groups is 1. The summed E-state index contributed by atoms with van der Waals surface area (Å²) in [5.74, 6) is -0.524. The molecule has 0 aromatic heterocycles. The fourth-order valence-corrected chi connectivity index (χ4v) is 3.15. The molecule has 6 nitrogen and oxygen atoms in total. The Morgan fingerprint density at radius 3 is 2.20 bits per heavy atom. The molecule has 1 amide bonds. The Bertz CT molecular complexity index is 819. The standard InChI is InChI=1S/C18H21N3O3S/c1-2-9-17(15-10-5-3-6-11-15)20-21-18(22)14-19-25(23,24)16-12-7-4-8-13-16/h3-8,10-13,19H,2,9,14H2,1H3,(H,21,22)/b20-17-. The SMILES string of the molecule is CCC/C(=N/NC(=O)CNS(=O)(=O)c1ccccc1)c1ccccc1. The summed E-state index contributed by atoms with van der Waals surface area (Å²) >= 11 is 0. The molecule has 0 bridgehead atoms. The van der Waals surface area contributed by atoms with Gasteiger partial charge in [-0.2, -0.15) is 5.10 Å². The lowest BCUT2D eigenvalue weighted by Crippen LogP contribution is -2.35. The van der Waals surface area contributed by atoms with Crippen LogP contribution >= 0.6 is 0 Å². The average Bonchev–Trinajstić information content (AvgIpc) is 2.65. The zero-order chi connectivity index (χ0) is 18.1. The molecule has 0 unspecified atom stereocenters. The van der Waals surface area contributed by atoms with Crippen LogP contribution in [0.4, 0.5) is 0 Å². The fraction of sp³-hybridized carbons (Fsp3) is 0.222. The van der Waals surface area contributed by atoms with Gasteiger partial charge in [0.15, 0.2) is 0 Å². The molecule has 0 saturated heterocycles. The smallest absolute Gasteiger partial charge is 0.255 e. The fourth-order valence-electron chi connectivity index (χ4n) is 2.15. The average molecular weight is 359 g/mol. The molecule has 0 radical (unpaired) electrons. The van der Waals surface area contributed by atoms with E-state index in [0.717, 1.165) is 17.7 Å². The highest BCUT2D eigenvalue weighted by atomic mass is 32.2. The maximum Gasteiger partial charge on any atom is 0.255 e. The number of amides is 1. The van der Waals surface area contributed by atoms with E-state index in [1.807, 2.05) is 37.3 Å². The summed E-state index contributed by atoms with van der Waals surface area (Å²) in [4.78, 5) is 12.0. The molecule has 2 N–H and O–H groups in total. The van der Waals surface area contributed by atoms with Crippen molar-refractivity contribution >= 4 is 21.6 Å². The highest BCUT2D eigenvalue weighted by Gasteiger charge is 2.14. The number of rotatable bonds is 8. The third-order valence-corrected chi connectivity index (χ3v) is 4.80. The van der Waals surface area contributed by atoms with E-state index >= 15 is 0 Å². The second-order valence-electron chi connectivity index (χ2n) is 5.35. The third-order valence-electron chi connectivity index (χ3n) is 3.39. The lowest BCUT2D eigenvalue weighted by atomic mass is 10.1. The number of nitrogens with one attached hydrogen (secondary N) is 2. The van der Waals surface area contributed by atoms with Gasteiger partial charge in [-0.3, -0.25) is 4.79 Å². The molecule has 2 aromatic carbocycles. The summed E-state index contributed by atoms with van der Waals surface area (Å²) in [5, 5.41) is 4.14. The third kappa shape index (κ3) is 5.81. The predicted octanol–water partition coefficient (Wildman–Crippen LogP) is 2.29. The van der Waals surface area contributed by atoms with Crippen molar-refractivity contribution in [3.63, 3.8) is 0 Å². The van der Waals surface area contributed by atoms with Crippen molar-refractivity contribution in [2.45, 2.75) is 24.7 Å². The van der Waals surface area contributed by atoms with Gasteiger partial charge in [0.25, 0.3) is 5.91 Å². The molecule has 0 aliphatic heterocycles. The number of nitrogens with zero attached hydrogens (tertiary/aromatic N) is 1. The van der Waals surface area contributed by atoms with E-state index in [2.05, 4.69) is 15.2 Å². The first-order valence-electron chi connectivity index (χ1n) is 7.98. The molecule has 0 spiro atoms. The van der Waals surface area contributed by atoms with E-state index in [0.29, 0.717) is 6.42 Å². The van der Waals surface area contributed by atoms with Gasteiger partial charge in [-0.25, -0.2) is 18.6 Å². The zero-order valence-corrected chi connectivity index (χ0v) is 14.8. The first kappa shape index (κ1) is 18.8. The molecule has 7 heteroatoms. The monoisotopic (exact) mass is 359 g/mol. The number of benzene rings is 2. The van der Waals surface area contributed by atoms with Crippen LogP contribution in [0.3, 0.4) is 0 Å². The van der Waals surface area contributed by atoms with Crippen molar-refractivity contribution in [1.29, 1.82) is 0 Å². The summed E-state index contributed by atoms with van der Waals surface area (Å²) in [6.45, 7) is 1.64. The van der Waals surface area contributed by atoms with Crippen LogP contribution in [0.1, 0.15) is 25.3 Å². The normalized spacial score (nSPS) is 12.0. The molecule has 2 rings (SSSR count). The molecular weight excluding hydrogens is 338 g/mol. The maximum absolute atomic E-state index is 12.1. The largest absolute Gasteiger partial charge is 0.272 e. The highest BCUT2D eigenvalue weighted by molar-refractivity contribution is 7.89. The summed E-state index contributed by atoms with van der Waals surface area (Å²) < 4.78 is 26.4. The van der Waals surface area contributed by atoms with Crippen LogP contribution < -0.4 is 10.1 Å². The predicted molar refractivity (Wildman–Crippen MR) is 97.7 cm³/mol. The number of carbonyl (C=O) groups is 1. The van der Waals surface area contributed by atoms with Gasteiger partial charge in [0, 0.05) is 0 Å². The van der Waals surface area contributed by atoms with Crippen LogP contribution in [0.25, 0.3) is 0 Å². The van der Waals surface area contributed by atoms with Crippen molar-refractivity contribution in [3.05, 3.63) is 66.2 Å². The van der Waals surface area contributed by atoms with Crippen LogP contribution in [0.2, 0.25) is 0 Å². The lowest BCUT2D eigenvalue weighted by Gasteiger charge is -2.08. The van der Waals surface area contributed by atoms with E-state index in [1.54, 1.807) is 18.2 Å². The van der Waals surface area contributed by atoms with Crippen LogP contribution in [0.5, 0.6) is 0 Å². The van der Waals surface area contributed by atoms with Crippen LogP contribution in [0, 0.1) is 0 Å². The molecule has 0 atom stereocenters. The molecule has 0 fully saturated rings. The minimum atomic E-state index is -3.72. The van der Waals surface area contributed by atoms with Gasteiger partial charge in [0.1, 0.15) is 0 Å². The summed E-state index contributed by atoms with van der Waals surface area (Å²) in [6.07, 6.45) is 1.59. The Morgan fingerprint density at radius 1 is 1.00 bits per heavy atom. The van der Waals surface area contributed by atoms with Gasteiger partial charge < -0.3 is 0 Å². The molecule has 0 heterocycles.